The van der Waals surface area contributed by atoms with Crippen molar-refractivity contribution in [2.45, 2.75) is 19.8 Å². The Morgan fingerprint density at radius 3 is 2.46 bits per heavy atom. The van der Waals surface area contributed by atoms with Crippen LogP contribution in [-0.2, 0) is 4.79 Å². The molecule has 2 fully saturated rings. The van der Waals surface area contributed by atoms with Crippen LogP contribution in [0.15, 0.2) is 18.2 Å². The molecule has 0 bridgehead atoms. The predicted octanol–water partition coefficient (Wildman–Crippen LogP) is 2.63. The van der Waals surface area contributed by atoms with Gasteiger partial charge in [-0.25, -0.2) is 0 Å². The standard InChI is InChI=1S/C18H25ClN4O3/c1-14-4-6-20(7-5-14)13-18(24)22-10-8-21(9-11-22)16-3-2-15(19)12-17(16)23(25)26/h2-3,12,14H,4-11,13H2,1H3. The van der Waals surface area contributed by atoms with Crippen molar-refractivity contribution >= 4 is 28.9 Å². The van der Waals surface area contributed by atoms with Crippen LogP contribution in [0.25, 0.3) is 0 Å². The highest BCUT2D eigenvalue weighted by atomic mass is 35.5. The molecule has 2 saturated heterocycles. The van der Waals surface area contributed by atoms with Crippen LogP contribution in [-0.4, -0.2) is 66.4 Å². The number of benzene rings is 1. The van der Waals surface area contributed by atoms with E-state index in [-0.39, 0.29) is 11.6 Å². The maximum atomic E-state index is 12.6. The van der Waals surface area contributed by atoms with Crippen molar-refractivity contribution in [1.29, 1.82) is 0 Å². The quantitative estimate of drug-likeness (QED) is 0.593. The summed E-state index contributed by atoms with van der Waals surface area (Å²) in [4.78, 5) is 29.5. The number of piperidine rings is 1. The van der Waals surface area contributed by atoms with Crippen molar-refractivity contribution in [2.75, 3.05) is 50.7 Å². The van der Waals surface area contributed by atoms with Crippen LogP contribution in [0, 0.1) is 16.0 Å². The van der Waals surface area contributed by atoms with Gasteiger partial charge in [0, 0.05) is 37.3 Å². The minimum absolute atomic E-state index is 0.0136. The first-order valence-corrected chi connectivity index (χ1v) is 9.51. The zero-order chi connectivity index (χ0) is 18.7. The summed E-state index contributed by atoms with van der Waals surface area (Å²) >= 11 is 5.89. The molecule has 2 heterocycles. The first kappa shape index (κ1) is 18.9. The van der Waals surface area contributed by atoms with E-state index in [4.69, 9.17) is 11.6 Å². The minimum Gasteiger partial charge on any atom is -0.362 e. The second-order valence-electron chi connectivity index (χ2n) is 7.22. The van der Waals surface area contributed by atoms with Gasteiger partial charge in [0.2, 0.25) is 5.91 Å². The fourth-order valence-electron chi connectivity index (χ4n) is 3.62. The fraction of sp³-hybridized carbons (Fsp3) is 0.611. The van der Waals surface area contributed by atoms with Gasteiger partial charge in [0.05, 0.1) is 11.5 Å². The summed E-state index contributed by atoms with van der Waals surface area (Å²) in [5.41, 5.74) is 0.580. The van der Waals surface area contributed by atoms with E-state index in [1.165, 1.54) is 6.07 Å². The number of carbonyl (C=O) groups is 1. The molecule has 0 aromatic heterocycles. The van der Waals surface area contributed by atoms with Crippen LogP contribution in [0.1, 0.15) is 19.8 Å². The number of hydrogen-bond acceptors (Lipinski definition) is 5. The average molecular weight is 381 g/mol. The Hall–Kier alpha value is -1.86. The smallest absolute Gasteiger partial charge is 0.294 e. The number of nitrogens with zero attached hydrogens (tertiary/aromatic N) is 4. The Balaban J connectivity index is 1.56. The molecular formula is C18H25ClN4O3. The first-order chi connectivity index (χ1) is 12.4. The van der Waals surface area contributed by atoms with Gasteiger partial charge in [0.15, 0.2) is 0 Å². The maximum Gasteiger partial charge on any atom is 0.294 e. The number of amides is 1. The molecule has 8 heteroatoms. The zero-order valence-electron chi connectivity index (χ0n) is 15.1. The van der Waals surface area contributed by atoms with Gasteiger partial charge in [-0.2, -0.15) is 0 Å². The normalized spacial score (nSPS) is 19.6. The molecule has 0 radical (unpaired) electrons. The maximum absolute atomic E-state index is 12.6. The van der Waals surface area contributed by atoms with Crippen LogP contribution in [0.2, 0.25) is 5.02 Å². The second-order valence-corrected chi connectivity index (χ2v) is 7.65. The summed E-state index contributed by atoms with van der Waals surface area (Å²) in [6.07, 6.45) is 2.31. The van der Waals surface area contributed by atoms with E-state index in [1.807, 2.05) is 9.80 Å². The lowest BCUT2D eigenvalue weighted by molar-refractivity contribution is -0.384. The third kappa shape index (κ3) is 4.45. The summed E-state index contributed by atoms with van der Waals surface area (Å²) in [7, 11) is 0. The van der Waals surface area contributed by atoms with Crippen molar-refractivity contribution < 1.29 is 9.72 Å². The third-order valence-electron chi connectivity index (χ3n) is 5.34. The van der Waals surface area contributed by atoms with Gasteiger partial charge >= 0.3 is 0 Å². The molecular weight excluding hydrogens is 356 g/mol. The summed E-state index contributed by atoms with van der Waals surface area (Å²) in [5.74, 6) is 0.907. The number of nitro benzene ring substituents is 1. The molecule has 1 aromatic carbocycles. The summed E-state index contributed by atoms with van der Waals surface area (Å²) in [5, 5.41) is 11.6. The molecule has 0 spiro atoms. The van der Waals surface area contributed by atoms with E-state index in [2.05, 4.69) is 11.8 Å². The van der Waals surface area contributed by atoms with E-state index < -0.39 is 4.92 Å². The van der Waals surface area contributed by atoms with Crippen molar-refractivity contribution in [3.63, 3.8) is 0 Å². The molecule has 3 rings (SSSR count). The average Bonchev–Trinajstić information content (AvgIpc) is 2.63. The van der Waals surface area contributed by atoms with Gasteiger partial charge in [0.25, 0.3) is 5.69 Å². The molecule has 2 aliphatic rings. The van der Waals surface area contributed by atoms with Gasteiger partial charge in [-0.05, 0) is 44.0 Å². The number of carbonyl (C=O) groups excluding carboxylic acids is 1. The molecule has 1 amide bonds. The highest BCUT2D eigenvalue weighted by Gasteiger charge is 2.27. The molecule has 0 saturated carbocycles. The van der Waals surface area contributed by atoms with E-state index in [0.29, 0.717) is 43.4 Å². The van der Waals surface area contributed by atoms with Gasteiger partial charge in [0.1, 0.15) is 5.69 Å². The summed E-state index contributed by atoms with van der Waals surface area (Å²) in [6.45, 7) is 7.07. The van der Waals surface area contributed by atoms with Crippen molar-refractivity contribution in [2.24, 2.45) is 5.92 Å². The Morgan fingerprint density at radius 2 is 1.85 bits per heavy atom. The molecule has 2 aliphatic heterocycles. The number of nitro groups is 1. The molecule has 0 aliphatic carbocycles. The Bertz CT molecular complexity index is 668. The molecule has 0 unspecified atom stereocenters. The van der Waals surface area contributed by atoms with Gasteiger partial charge in [-0.3, -0.25) is 19.8 Å². The van der Waals surface area contributed by atoms with Crippen molar-refractivity contribution in [1.82, 2.24) is 9.80 Å². The van der Waals surface area contributed by atoms with Crippen LogP contribution in [0.3, 0.4) is 0 Å². The van der Waals surface area contributed by atoms with E-state index in [1.54, 1.807) is 12.1 Å². The monoisotopic (exact) mass is 380 g/mol. The largest absolute Gasteiger partial charge is 0.362 e. The van der Waals surface area contributed by atoms with Crippen LogP contribution < -0.4 is 4.90 Å². The number of hydrogen-bond donors (Lipinski definition) is 0. The topological polar surface area (TPSA) is 69.9 Å². The molecule has 0 N–H and O–H groups in total. The van der Waals surface area contributed by atoms with E-state index in [9.17, 15) is 14.9 Å². The van der Waals surface area contributed by atoms with Crippen molar-refractivity contribution in [3.05, 3.63) is 33.3 Å². The number of anilines is 1. The third-order valence-corrected chi connectivity index (χ3v) is 5.58. The molecule has 1 aromatic rings. The van der Waals surface area contributed by atoms with E-state index >= 15 is 0 Å². The number of likely N-dealkylation sites (tertiary alicyclic amines) is 1. The lowest BCUT2D eigenvalue weighted by Gasteiger charge is -2.37. The molecule has 7 nitrogen and oxygen atoms in total. The van der Waals surface area contributed by atoms with Crippen LogP contribution in [0.4, 0.5) is 11.4 Å². The second kappa shape index (κ2) is 8.22. The van der Waals surface area contributed by atoms with Gasteiger partial charge < -0.3 is 9.80 Å². The highest BCUT2D eigenvalue weighted by Crippen LogP contribution is 2.31. The van der Waals surface area contributed by atoms with Gasteiger partial charge in [-0.15, -0.1) is 0 Å². The molecule has 142 valence electrons. The van der Waals surface area contributed by atoms with Gasteiger partial charge in [-0.1, -0.05) is 18.5 Å². The van der Waals surface area contributed by atoms with Crippen molar-refractivity contribution in [3.8, 4) is 0 Å². The number of rotatable bonds is 4. The Morgan fingerprint density at radius 1 is 1.19 bits per heavy atom. The minimum atomic E-state index is -0.407. The predicted molar refractivity (Wildman–Crippen MR) is 102 cm³/mol. The Kier molecular flexibility index (Phi) is 5.98. The molecule has 0 atom stereocenters. The van der Waals surface area contributed by atoms with E-state index in [0.717, 1.165) is 31.8 Å². The summed E-state index contributed by atoms with van der Waals surface area (Å²) < 4.78 is 0. The summed E-state index contributed by atoms with van der Waals surface area (Å²) in [6, 6.07) is 4.73. The SMILES string of the molecule is CC1CCN(CC(=O)N2CCN(c3ccc(Cl)cc3[N+](=O)[O-])CC2)CC1. The molecule has 26 heavy (non-hydrogen) atoms. The van der Waals surface area contributed by atoms with Crippen LogP contribution >= 0.6 is 11.6 Å². The number of piperazine rings is 1. The lowest BCUT2D eigenvalue weighted by atomic mass is 9.99. The van der Waals surface area contributed by atoms with Crippen LogP contribution in [0.5, 0.6) is 0 Å². The first-order valence-electron chi connectivity index (χ1n) is 9.13. The highest BCUT2D eigenvalue weighted by molar-refractivity contribution is 6.30. The Labute approximate surface area is 158 Å². The fourth-order valence-corrected chi connectivity index (χ4v) is 3.78. The zero-order valence-corrected chi connectivity index (χ0v) is 15.8. The number of halogens is 1. The lowest BCUT2D eigenvalue weighted by Crippen LogP contribution is -2.52.